The number of benzene rings is 2. The number of rotatable bonds is 2. The van der Waals surface area contributed by atoms with Crippen LogP contribution in [0.1, 0.15) is 36.2 Å². The normalized spacial score (nSPS) is 15.1. The lowest BCUT2D eigenvalue weighted by atomic mass is 9.72. The number of aromatic nitrogens is 1. The molecule has 1 heterocycles. The summed E-state index contributed by atoms with van der Waals surface area (Å²) in [6.45, 7) is 4.59. The number of fused-ring (bicyclic) bond motifs is 4. The van der Waals surface area contributed by atoms with Gasteiger partial charge in [-0.2, -0.15) is 0 Å². The summed E-state index contributed by atoms with van der Waals surface area (Å²) in [6.07, 6.45) is 0.935. The zero-order valence-electron chi connectivity index (χ0n) is 14.1. The second-order valence-electron chi connectivity index (χ2n) is 6.78. The predicted molar refractivity (Wildman–Crippen MR) is 95.8 cm³/mol. The summed E-state index contributed by atoms with van der Waals surface area (Å²) >= 11 is 0. The Morgan fingerprint density at radius 3 is 2.74 bits per heavy atom. The van der Waals surface area contributed by atoms with Crippen molar-refractivity contribution in [3.05, 3.63) is 58.8 Å². The molecule has 0 unspecified atom stereocenters. The molecule has 0 bridgehead atoms. The summed E-state index contributed by atoms with van der Waals surface area (Å²) in [5.74, 6) is 0.927. The highest BCUT2D eigenvalue weighted by Crippen LogP contribution is 2.45. The molecular weight excluding hydrogens is 284 g/mol. The third-order valence-corrected chi connectivity index (χ3v) is 5.18. The monoisotopic (exact) mass is 306 g/mol. The molecule has 1 aliphatic carbocycles. The highest BCUT2D eigenvalue weighted by Gasteiger charge is 2.35. The van der Waals surface area contributed by atoms with E-state index < -0.39 is 0 Å². The number of nitrogens with one attached hydrogen (secondary N) is 2. The standard InChI is InChI=1S/C20H22N2O/c1-20(2)15-9-8-13(23-4)10-12(15)11-14-18-16(21-3)6-5-7-17(18)22-19(14)20/h5-10,21-22H,11H2,1-4H3. The van der Waals surface area contributed by atoms with Crippen molar-refractivity contribution in [3.63, 3.8) is 0 Å². The van der Waals surface area contributed by atoms with Gasteiger partial charge in [-0.25, -0.2) is 0 Å². The van der Waals surface area contributed by atoms with E-state index in [0.29, 0.717) is 0 Å². The maximum absolute atomic E-state index is 5.43. The summed E-state index contributed by atoms with van der Waals surface area (Å²) in [7, 11) is 3.71. The molecule has 4 rings (SSSR count). The van der Waals surface area contributed by atoms with Crippen molar-refractivity contribution < 1.29 is 4.74 Å². The van der Waals surface area contributed by atoms with Crippen LogP contribution < -0.4 is 10.1 Å². The van der Waals surface area contributed by atoms with Crippen molar-refractivity contribution in [1.82, 2.24) is 4.98 Å². The van der Waals surface area contributed by atoms with Gasteiger partial charge in [-0.15, -0.1) is 0 Å². The topological polar surface area (TPSA) is 37.0 Å². The third kappa shape index (κ3) is 1.89. The first-order chi connectivity index (χ1) is 11.1. The van der Waals surface area contributed by atoms with E-state index in [9.17, 15) is 0 Å². The second kappa shape index (κ2) is 4.79. The van der Waals surface area contributed by atoms with Gasteiger partial charge in [-0.3, -0.25) is 0 Å². The first kappa shape index (κ1) is 14.2. The summed E-state index contributed by atoms with van der Waals surface area (Å²) < 4.78 is 5.43. The molecule has 118 valence electrons. The molecule has 2 aromatic carbocycles. The number of anilines is 1. The van der Waals surface area contributed by atoms with Crippen LogP contribution in [0.4, 0.5) is 5.69 Å². The molecule has 0 spiro atoms. The maximum Gasteiger partial charge on any atom is 0.119 e. The van der Waals surface area contributed by atoms with Gasteiger partial charge in [0.1, 0.15) is 5.75 Å². The fraction of sp³-hybridized carbons (Fsp3) is 0.300. The minimum atomic E-state index is -0.0424. The van der Waals surface area contributed by atoms with E-state index in [2.05, 4.69) is 60.5 Å². The van der Waals surface area contributed by atoms with E-state index in [1.807, 2.05) is 7.05 Å². The van der Waals surface area contributed by atoms with Gasteiger partial charge < -0.3 is 15.0 Å². The minimum Gasteiger partial charge on any atom is -0.497 e. The van der Waals surface area contributed by atoms with E-state index in [1.54, 1.807) is 7.11 Å². The average molecular weight is 306 g/mol. The molecule has 0 amide bonds. The first-order valence-electron chi connectivity index (χ1n) is 8.05. The molecule has 1 aliphatic rings. The smallest absolute Gasteiger partial charge is 0.119 e. The van der Waals surface area contributed by atoms with E-state index >= 15 is 0 Å². The van der Waals surface area contributed by atoms with Crippen molar-refractivity contribution in [2.75, 3.05) is 19.5 Å². The number of hydrogen-bond acceptors (Lipinski definition) is 2. The van der Waals surface area contributed by atoms with Crippen LogP contribution in [0.5, 0.6) is 5.75 Å². The molecule has 0 saturated carbocycles. The van der Waals surface area contributed by atoms with Crippen molar-refractivity contribution in [2.24, 2.45) is 0 Å². The van der Waals surface area contributed by atoms with Crippen LogP contribution in [0.25, 0.3) is 10.9 Å². The van der Waals surface area contributed by atoms with Gasteiger partial charge in [0.25, 0.3) is 0 Å². The number of ether oxygens (including phenoxy) is 1. The predicted octanol–water partition coefficient (Wildman–Crippen LogP) is 4.45. The van der Waals surface area contributed by atoms with Crippen LogP contribution in [0.3, 0.4) is 0 Å². The molecule has 0 saturated heterocycles. The zero-order chi connectivity index (χ0) is 16.2. The van der Waals surface area contributed by atoms with Crippen LogP contribution in [-0.4, -0.2) is 19.1 Å². The van der Waals surface area contributed by atoms with Crippen LogP contribution in [-0.2, 0) is 11.8 Å². The number of aromatic amines is 1. The van der Waals surface area contributed by atoms with Gasteiger partial charge >= 0.3 is 0 Å². The third-order valence-electron chi connectivity index (χ3n) is 5.18. The van der Waals surface area contributed by atoms with Crippen molar-refractivity contribution >= 4 is 16.6 Å². The lowest BCUT2D eigenvalue weighted by molar-refractivity contribution is 0.413. The van der Waals surface area contributed by atoms with Gasteiger partial charge in [0, 0.05) is 41.2 Å². The zero-order valence-corrected chi connectivity index (χ0v) is 14.1. The highest BCUT2D eigenvalue weighted by atomic mass is 16.5. The van der Waals surface area contributed by atoms with Crippen LogP contribution in [0.15, 0.2) is 36.4 Å². The lowest BCUT2D eigenvalue weighted by Gasteiger charge is -2.33. The number of hydrogen-bond donors (Lipinski definition) is 2. The number of methoxy groups -OCH3 is 1. The lowest BCUT2D eigenvalue weighted by Crippen LogP contribution is -2.27. The fourth-order valence-electron chi connectivity index (χ4n) is 4.01. The van der Waals surface area contributed by atoms with Gasteiger partial charge in [0.15, 0.2) is 0 Å². The molecule has 3 heteroatoms. The first-order valence-corrected chi connectivity index (χ1v) is 8.05. The molecule has 2 N–H and O–H groups in total. The quantitative estimate of drug-likeness (QED) is 0.734. The Hall–Kier alpha value is -2.42. The van der Waals surface area contributed by atoms with Gasteiger partial charge in [0.05, 0.1) is 7.11 Å². The van der Waals surface area contributed by atoms with E-state index in [1.165, 1.54) is 39.0 Å². The Balaban J connectivity index is 2.02. The van der Waals surface area contributed by atoms with Gasteiger partial charge in [-0.05, 0) is 41.0 Å². The van der Waals surface area contributed by atoms with Crippen molar-refractivity contribution in [2.45, 2.75) is 25.7 Å². The Morgan fingerprint density at radius 1 is 1.17 bits per heavy atom. The minimum absolute atomic E-state index is 0.0424. The summed E-state index contributed by atoms with van der Waals surface area (Å²) in [5.41, 5.74) is 7.80. The number of H-pyrrole nitrogens is 1. The highest BCUT2D eigenvalue weighted by molar-refractivity contribution is 5.97. The molecule has 23 heavy (non-hydrogen) atoms. The molecular formula is C20H22N2O. The van der Waals surface area contributed by atoms with Crippen molar-refractivity contribution in [3.8, 4) is 5.75 Å². The summed E-state index contributed by atoms with van der Waals surface area (Å²) in [5, 5.41) is 4.65. The van der Waals surface area contributed by atoms with Crippen LogP contribution in [0, 0.1) is 0 Å². The molecule has 0 atom stereocenters. The Bertz CT molecular complexity index is 905. The van der Waals surface area contributed by atoms with Crippen molar-refractivity contribution in [1.29, 1.82) is 0 Å². The largest absolute Gasteiger partial charge is 0.497 e. The molecule has 3 aromatic rings. The van der Waals surface area contributed by atoms with Gasteiger partial charge in [-0.1, -0.05) is 26.0 Å². The maximum atomic E-state index is 5.43. The van der Waals surface area contributed by atoms with Crippen LogP contribution >= 0.6 is 0 Å². The molecule has 1 aromatic heterocycles. The SMILES string of the molecule is CNc1cccc2[nH]c3c(c12)Cc1cc(OC)ccc1C3(C)C. The van der Waals surface area contributed by atoms with E-state index in [4.69, 9.17) is 4.74 Å². The van der Waals surface area contributed by atoms with E-state index in [-0.39, 0.29) is 5.41 Å². The summed E-state index contributed by atoms with van der Waals surface area (Å²) in [4.78, 5) is 3.68. The molecule has 3 nitrogen and oxygen atoms in total. The Labute approximate surface area is 136 Å². The fourth-order valence-corrected chi connectivity index (χ4v) is 4.01. The molecule has 0 aliphatic heterocycles. The molecule has 0 radical (unpaired) electrons. The van der Waals surface area contributed by atoms with Gasteiger partial charge in [0.2, 0.25) is 0 Å². The Kier molecular flexibility index (Phi) is 2.95. The second-order valence-corrected chi connectivity index (χ2v) is 6.78. The van der Waals surface area contributed by atoms with E-state index in [0.717, 1.165) is 12.2 Å². The van der Waals surface area contributed by atoms with Crippen LogP contribution in [0.2, 0.25) is 0 Å². The molecule has 0 fully saturated rings. The Morgan fingerprint density at radius 2 is 2.00 bits per heavy atom. The average Bonchev–Trinajstić information content (AvgIpc) is 2.94. The summed E-state index contributed by atoms with van der Waals surface area (Å²) in [6, 6.07) is 12.9.